The number of carbonyl (C=O) groups excluding carboxylic acids is 1. The molecule has 0 radical (unpaired) electrons. The van der Waals surface area contributed by atoms with Gasteiger partial charge >= 0.3 is 0 Å². The first-order valence-electron chi connectivity index (χ1n) is 10.5. The molecule has 0 spiro atoms. The molecule has 29 heavy (non-hydrogen) atoms. The molecule has 1 heterocycles. The van der Waals surface area contributed by atoms with E-state index in [4.69, 9.17) is 16.3 Å². The van der Waals surface area contributed by atoms with Crippen LogP contribution in [0.25, 0.3) is 0 Å². The van der Waals surface area contributed by atoms with E-state index in [2.05, 4.69) is 6.92 Å². The van der Waals surface area contributed by atoms with Crippen molar-refractivity contribution < 1.29 is 17.9 Å². The lowest BCUT2D eigenvalue weighted by Crippen LogP contribution is -2.49. The van der Waals surface area contributed by atoms with Gasteiger partial charge in [-0.2, -0.15) is 4.31 Å². The Balaban J connectivity index is 1.86. The Morgan fingerprint density at radius 1 is 1.17 bits per heavy atom. The van der Waals surface area contributed by atoms with E-state index in [0.717, 1.165) is 44.9 Å². The number of carbonyl (C=O) groups is 1. The normalized spacial score (nSPS) is 19.5. The fraction of sp³-hybridized carbons (Fsp3) is 0.667. The SMILES string of the molecule is COc1ccc(S(=O)(=O)N(CC(=O)N2CCC(C)CC2)C2CCCCC2)cc1Cl. The second-order valence-electron chi connectivity index (χ2n) is 8.20. The minimum atomic E-state index is -3.85. The highest BCUT2D eigenvalue weighted by Crippen LogP contribution is 2.32. The summed E-state index contributed by atoms with van der Waals surface area (Å²) in [5, 5.41) is 0.244. The van der Waals surface area contributed by atoms with Gasteiger partial charge in [0, 0.05) is 19.1 Å². The number of piperidine rings is 1. The lowest BCUT2D eigenvalue weighted by molar-refractivity contribution is -0.133. The van der Waals surface area contributed by atoms with Crippen molar-refractivity contribution in [3.05, 3.63) is 23.2 Å². The van der Waals surface area contributed by atoms with Gasteiger partial charge in [-0.3, -0.25) is 4.79 Å². The van der Waals surface area contributed by atoms with Gasteiger partial charge in [-0.25, -0.2) is 8.42 Å². The van der Waals surface area contributed by atoms with Crippen molar-refractivity contribution in [2.24, 2.45) is 5.92 Å². The molecular formula is C21H31ClN2O4S. The molecule has 0 unspecified atom stereocenters. The second-order valence-corrected chi connectivity index (χ2v) is 10.5. The summed E-state index contributed by atoms with van der Waals surface area (Å²) < 4.78 is 33.6. The highest BCUT2D eigenvalue weighted by Gasteiger charge is 2.35. The first kappa shape index (κ1) is 22.4. The predicted octanol–water partition coefficient (Wildman–Crippen LogP) is 3.93. The molecule has 0 bridgehead atoms. The zero-order valence-corrected chi connectivity index (χ0v) is 18.8. The third-order valence-corrected chi connectivity index (χ3v) is 8.33. The molecule has 1 aliphatic heterocycles. The molecule has 2 fully saturated rings. The number of ether oxygens (including phenoxy) is 1. The first-order chi connectivity index (χ1) is 13.8. The molecule has 0 atom stereocenters. The molecular weight excluding hydrogens is 412 g/mol. The summed E-state index contributed by atoms with van der Waals surface area (Å²) in [5.74, 6) is 0.928. The minimum absolute atomic E-state index is 0.105. The Morgan fingerprint density at radius 3 is 2.41 bits per heavy atom. The summed E-state index contributed by atoms with van der Waals surface area (Å²) in [5.41, 5.74) is 0. The molecule has 0 aromatic heterocycles. The van der Waals surface area contributed by atoms with Crippen LogP contribution in [0.4, 0.5) is 0 Å². The van der Waals surface area contributed by atoms with Crippen LogP contribution in [0.1, 0.15) is 51.9 Å². The van der Waals surface area contributed by atoms with E-state index in [9.17, 15) is 13.2 Å². The van der Waals surface area contributed by atoms with E-state index in [-0.39, 0.29) is 28.4 Å². The van der Waals surface area contributed by atoms with Gasteiger partial charge in [0.2, 0.25) is 15.9 Å². The number of sulfonamides is 1. The van der Waals surface area contributed by atoms with Crippen LogP contribution >= 0.6 is 11.6 Å². The maximum absolute atomic E-state index is 13.5. The van der Waals surface area contributed by atoms with Gasteiger partial charge in [-0.05, 0) is 49.8 Å². The molecule has 1 amide bonds. The van der Waals surface area contributed by atoms with Crippen LogP contribution in [0, 0.1) is 5.92 Å². The van der Waals surface area contributed by atoms with E-state index in [0.29, 0.717) is 24.8 Å². The molecule has 1 saturated carbocycles. The van der Waals surface area contributed by atoms with Crippen molar-refractivity contribution >= 4 is 27.5 Å². The summed E-state index contributed by atoms with van der Waals surface area (Å²) in [4.78, 5) is 14.9. The van der Waals surface area contributed by atoms with Crippen LogP contribution in [0.2, 0.25) is 5.02 Å². The van der Waals surface area contributed by atoms with Crippen LogP contribution in [0.5, 0.6) is 5.75 Å². The summed E-state index contributed by atoms with van der Waals surface area (Å²) >= 11 is 6.18. The summed E-state index contributed by atoms with van der Waals surface area (Å²) in [6, 6.07) is 4.33. The zero-order valence-electron chi connectivity index (χ0n) is 17.3. The molecule has 6 nitrogen and oxygen atoms in total. The Hall–Kier alpha value is -1.31. The highest BCUT2D eigenvalue weighted by atomic mass is 35.5. The molecule has 8 heteroatoms. The maximum Gasteiger partial charge on any atom is 0.243 e. The Morgan fingerprint density at radius 2 is 1.83 bits per heavy atom. The predicted molar refractivity (Wildman–Crippen MR) is 114 cm³/mol. The van der Waals surface area contributed by atoms with Gasteiger partial charge in [0.05, 0.1) is 23.6 Å². The number of nitrogens with zero attached hydrogens (tertiary/aromatic N) is 2. The first-order valence-corrected chi connectivity index (χ1v) is 12.3. The van der Waals surface area contributed by atoms with Crippen molar-refractivity contribution in [2.75, 3.05) is 26.7 Å². The molecule has 0 N–H and O–H groups in total. The van der Waals surface area contributed by atoms with Crippen molar-refractivity contribution in [3.8, 4) is 5.75 Å². The average molecular weight is 443 g/mol. The highest BCUT2D eigenvalue weighted by molar-refractivity contribution is 7.89. The Labute approximate surface area is 179 Å². The van der Waals surface area contributed by atoms with Crippen molar-refractivity contribution in [1.29, 1.82) is 0 Å². The maximum atomic E-state index is 13.5. The third kappa shape index (κ3) is 5.25. The Kier molecular flexibility index (Phi) is 7.46. The molecule has 162 valence electrons. The van der Waals surface area contributed by atoms with Gasteiger partial charge in [-0.15, -0.1) is 0 Å². The van der Waals surface area contributed by atoms with Gasteiger partial charge in [0.25, 0.3) is 0 Å². The third-order valence-electron chi connectivity index (χ3n) is 6.14. The average Bonchev–Trinajstić information content (AvgIpc) is 2.72. The summed E-state index contributed by atoms with van der Waals surface area (Å²) in [7, 11) is -2.36. The minimum Gasteiger partial charge on any atom is -0.495 e. The van der Waals surface area contributed by atoms with Crippen LogP contribution in [0.15, 0.2) is 23.1 Å². The van der Waals surface area contributed by atoms with E-state index in [1.54, 1.807) is 6.07 Å². The van der Waals surface area contributed by atoms with E-state index >= 15 is 0 Å². The van der Waals surface area contributed by atoms with E-state index < -0.39 is 10.0 Å². The molecule has 1 saturated heterocycles. The Bertz CT molecular complexity index is 816. The van der Waals surface area contributed by atoms with Crippen molar-refractivity contribution in [1.82, 2.24) is 9.21 Å². The number of hydrogen-bond acceptors (Lipinski definition) is 4. The van der Waals surface area contributed by atoms with E-state index in [1.807, 2.05) is 4.90 Å². The van der Waals surface area contributed by atoms with Crippen LogP contribution in [0.3, 0.4) is 0 Å². The molecule has 2 aliphatic rings. The lowest BCUT2D eigenvalue weighted by atomic mass is 9.95. The number of halogens is 1. The van der Waals surface area contributed by atoms with Gasteiger partial charge < -0.3 is 9.64 Å². The fourth-order valence-corrected chi connectivity index (χ4v) is 6.20. The summed E-state index contributed by atoms with van der Waals surface area (Å²) in [6.45, 7) is 3.49. The standard InChI is InChI=1S/C21H31ClN2O4S/c1-16-10-12-23(13-11-16)21(25)15-24(17-6-4-3-5-7-17)29(26,27)18-8-9-20(28-2)19(22)14-18/h8-9,14,16-17H,3-7,10-13,15H2,1-2H3. The quantitative estimate of drug-likeness (QED) is 0.669. The number of rotatable bonds is 6. The summed E-state index contributed by atoms with van der Waals surface area (Å²) in [6.07, 6.45) is 6.58. The second kappa shape index (κ2) is 9.67. The van der Waals surface area contributed by atoms with Crippen LogP contribution < -0.4 is 4.74 Å². The fourth-order valence-electron chi connectivity index (χ4n) is 4.21. The van der Waals surface area contributed by atoms with Gasteiger partial charge in [0.15, 0.2) is 0 Å². The smallest absolute Gasteiger partial charge is 0.243 e. The number of likely N-dealkylation sites (tertiary alicyclic amines) is 1. The zero-order chi connectivity index (χ0) is 21.0. The lowest BCUT2D eigenvalue weighted by Gasteiger charge is -2.36. The van der Waals surface area contributed by atoms with Gasteiger partial charge in [-0.1, -0.05) is 37.8 Å². The number of hydrogen-bond donors (Lipinski definition) is 0. The van der Waals surface area contributed by atoms with Crippen LogP contribution in [-0.2, 0) is 14.8 Å². The van der Waals surface area contributed by atoms with Crippen LogP contribution in [-0.4, -0.2) is 56.3 Å². The molecule has 1 aromatic rings. The van der Waals surface area contributed by atoms with Crippen molar-refractivity contribution in [3.63, 3.8) is 0 Å². The molecule has 1 aliphatic carbocycles. The topological polar surface area (TPSA) is 66.9 Å². The number of benzene rings is 1. The number of amides is 1. The number of methoxy groups -OCH3 is 1. The van der Waals surface area contributed by atoms with Crippen molar-refractivity contribution in [2.45, 2.75) is 62.8 Å². The molecule has 3 rings (SSSR count). The van der Waals surface area contributed by atoms with E-state index in [1.165, 1.54) is 23.5 Å². The van der Waals surface area contributed by atoms with Gasteiger partial charge in [0.1, 0.15) is 5.75 Å². The monoisotopic (exact) mass is 442 g/mol. The largest absolute Gasteiger partial charge is 0.495 e. The molecule has 1 aromatic carbocycles.